The van der Waals surface area contributed by atoms with Crippen LogP contribution in [0.1, 0.15) is 19.5 Å². The highest BCUT2D eigenvalue weighted by Crippen LogP contribution is 2.32. The highest BCUT2D eigenvalue weighted by Gasteiger charge is 2.34. The van der Waals surface area contributed by atoms with E-state index in [2.05, 4.69) is 45.3 Å². The number of ether oxygens (including phenoxy) is 1. The van der Waals surface area contributed by atoms with E-state index in [1.807, 2.05) is 25.4 Å². The number of piperazine rings is 1. The molecule has 0 amide bonds. The molecular formula is C18H26N4OS. The van der Waals surface area contributed by atoms with Gasteiger partial charge < -0.3 is 19.2 Å². The zero-order chi connectivity index (χ0) is 17.3. The Labute approximate surface area is 148 Å². The summed E-state index contributed by atoms with van der Waals surface area (Å²) in [5, 5.41) is 0. The van der Waals surface area contributed by atoms with Gasteiger partial charge in [0, 0.05) is 39.4 Å². The van der Waals surface area contributed by atoms with Gasteiger partial charge in [0.1, 0.15) is 5.75 Å². The molecule has 6 heteroatoms. The molecule has 3 rings (SSSR count). The third kappa shape index (κ3) is 2.96. The average Bonchev–Trinajstić information content (AvgIpc) is 2.95. The molecule has 1 fully saturated rings. The number of imidazole rings is 1. The van der Waals surface area contributed by atoms with E-state index in [4.69, 9.17) is 17.0 Å². The summed E-state index contributed by atoms with van der Waals surface area (Å²) in [6.07, 6.45) is 2.04. The molecule has 0 bridgehead atoms. The molecule has 2 aromatic rings. The SMILES string of the molecule is COc1ccccc1N1CCN(C(C)(C)c2c[nH]c(=S)n2C)CC1. The maximum Gasteiger partial charge on any atom is 0.177 e. The van der Waals surface area contributed by atoms with Crippen molar-refractivity contribution < 1.29 is 4.74 Å². The van der Waals surface area contributed by atoms with Crippen molar-refractivity contribution in [1.82, 2.24) is 14.5 Å². The first kappa shape index (κ1) is 17.0. The van der Waals surface area contributed by atoms with Crippen LogP contribution in [0.4, 0.5) is 5.69 Å². The summed E-state index contributed by atoms with van der Waals surface area (Å²) in [5.41, 5.74) is 2.34. The van der Waals surface area contributed by atoms with Crippen LogP contribution in [0.2, 0.25) is 0 Å². The van der Waals surface area contributed by atoms with Crippen molar-refractivity contribution in [2.75, 3.05) is 38.2 Å². The molecule has 1 aromatic heterocycles. The van der Waals surface area contributed by atoms with Crippen LogP contribution in [-0.4, -0.2) is 47.7 Å². The number of hydrogen-bond acceptors (Lipinski definition) is 4. The van der Waals surface area contributed by atoms with E-state index in [-0.39, 0.29) is 5.54 Å². The van der Waals surface area contributed by atoms with Crippen molar-refractivity contribution >= 4 is 17.9 Å². The molecule has 1 aromatic carbocycles. The van der Waals surface area contributed by atoms with Gasteiger partial charge >= 0.3 is 0 Å². The lowest BCUT2D eigenvalue weighted by Crippen LogP contribution is -2.53. The van der Waals surface area contributed by atoms with Gasteiger partial charge in [-0.15, -0.1) is 0 Å². The number of para-hydroxylation sites is 2. The third-order valence-electron chi connectivity index (χ3n) is 5.12. The fourth-order valence-electron chi connectivity index (χ4n) is 3.58. The number of aromatic amines is 1. The molecular weight excluding hydrogens is 320 g/mol. The number of benzene rings is 1. The topological polar surface area (TPSA) is 36.4 Å². The Kier molecular flexibility index (Phi) is 4.69. The Morgan fingerprint density at radius 1 is 1.12 bits per heavy atom. The maximum atomic E-state index is 5.51. The Morgan fingerprint density at radius 3 is 2.38 bits per heavy atom. The van der Waals surface area contributed by atoms with Crippen LogP contribution in [0.25, 0.3) is 0 Å². The monoisotopic (exact) mass is 346 g/mol. The van der Waals surface area contributed by atoms with Crippen molar-refractivity contribution in [2.24, 2.45) is 7.05 Å². The summed E-state index contributed by atoms with van der Waals surface area (Å²) in [6, 6.07) is 8.24. The summed E-state index contributed by atoms with van der Waals surface area (Å²) in [4.78, 5) is 8.08. The molecule has 0 radical (unpaired) electrons. The fraction of sp³-hybridized carbons (Fsp3) is 0.500. The molecule has 0 unspecified atom stereocenters. The highest BCUT2D eigenvalue weighted by molar-refractivity contribution is 7.71. The van der Waals surface area contributed by atoms with Crippen molar-refractivity contribution in [3.05, 3.63) is 40.9 Å². The molecule has 130 valence electrons. The largest absolute Gasteiger partial charge is 0.495 e. The first-order valence-electron chi connectivity index (χ1n) is 8.33. The van der Waals surface area contributed by atoms with Gasteiger partial charge in [0.05, 0.1) is 24.0 Å². The molecule has 5 nitrogen and oxygen atoms in total. The average molecular weight is 347 g/mol. The van der Waals surface area contributed by atoms with Gasteiger partial charge in [-0.2, -0.15) is 0 Å². The van der Waals surface area contributed by atoms with Crippen LogP contribution >= 0.6 is 12.2 Å². The van der Waals surface area contributed by atoms with Gasteiger partial charge in [0.25, 0.3) is 0 Å². The van der Waals surface area contributed by atoms with Crippen LogP contribution in [-0.2, 0) is 12.6 Å². The molecule has 0 saturated carbocycles. The second-order valence-corrected chi connectivity index (χ2v) is 7.13. The maximum absolute atomic E-state index is 5.51. The number of aromatic nitrogens is 2. The first-order chi connectivity index (χ1) is 11.4. The summed E-state index contributed by atoms with van der Waals surface area (Å²) >= 11 is 5.32. The van der Waals surface area contributed by atoms with Gasteiger partial charge in [-0.25, -0.2) is 0 Å². The highest BCUT2D eigenvalue weighted by atomic mass is 32.1. The number of nitrogens with one attached hydrogen (secondary N) is 1. The molecule has 1 N–H and O–H groups in total. The Morgan fingerprint density at radius 2 is 1.79 bits per heavy atom. The van der Waals surface area contributed by atoms with E-state index in [9.17, 15) is 0 Å². The van der Waals surface area contributed by atoms with Gasteiger partial charge in [0.2, 0.25) is 0 Å². The van der Waals surface area contributed by atoms with Crippen LogP contribution in [0.5, 0.6) is 5.75 Å². The Balaban J connectivity index is 1.75. The van der Waals surface area contributed by atoms with Gasteiger partial charge in [-0.3, -0.25) is 4.90 Å². The lowest BCUT2D eigenvalue weighted by molar-refractivity contribution is 0.104. The second kappa shape index (κ2) is 6.61. The van der Waals surface area contributed by atoms with Crippen LogP contribution in [0, 0.1) is 4.77 Å². The number of hydrogen-bond donors (Lipinski definition) is 1. The molecule has 24 heavy (non-hydrogen) atoms. The molecule has 0 atom stereocenters. The van der Waals surface area contributed by atoms with Crippen molar-refractivity contribution in [1.29, 1.82) is 0 Å². The molecule has 1 saturated heterocycles. The molecule has 0 aliphatic carbocycles. The molecule has 1 aliphatic heterocycles. The lowest BCUT2D eigenvalue weighted by atomic mass is 9.97. The van der Waals surface area contributed by atoms with Crippen molar-refractivity contribution in [3.8, 4) is 5.75 Å². The zero-order valence-electron chi connectivity index (χ0n) is 14.9. The van der Waals surface area contributed by atoms with E-state index in [1.54, 1.807) is 7.11 Å². The van der Waals surface area contributed by atoms with Crippen molar-refractivity contribution in [2.45, 2.75) is 19.4 Å². The predicted molar refractivity (Wildman–Crippen MR) is 100 cm³/mol. The molecule has 1 aliphatic rings. The zero-order valence-corrected chi connectivity index (χ0v) is 15.7. The van der Waals surface area contributed by atoms with Gasteiger partial charge in [-0.05, 0) is 38.2 Å². The van der Waals surface area contributed by atoms with E-state index in [1.165, 1.54) is 11.4 Å². The Bertz CT molecular complexity index is 756. The van der Waals surface area contributed by atoms with E-state index in [0.29, 0.717) is 0 Å². The minimum Gasteiger partial charge on any atom is -0.495 e. The van der Waals surface area contributed by atoms with E-state index in [0.717, 1.165) is 36.7 Å². The fourth-order valence-corrected chi connectivity index (χ4v) is 3.74. The number of methoxy groups -OCH3 is 1. The van der Waals surface area contributed by atoms with E-state index < -0.39 is 0 Å². The lowest BCUT2D eigenvalue weighted by Gasteiger charge is -2.44. The molecule has 2 heterocycles. The molecule has 0 spiro atoms. The normalized spacial score (nSPS) is 16.4. The Hall–Kier alpha value is -1.79. The standard InChI is InChI=1S/C18H26N4OS/c1-18(2,16-13-19-17(24)20(16)3)22-11-9-21(10-12-22)14-7-5-6-8-15(14)23-4/h5-8,13H,9-12H2,1-4H3,(H,19,24). The van der Waals surface area contributed by atoms with Crippen LogP contribution < -0.4 is 9.64 Å². The smallest absolute Gasteiger partial charge is 0.177 e. The summed E-state index contributed by atoms with van der Waals surface area (Å²) in [6.45, 7) is 8.51. The van der Waals surface area contributed by atoms with Crippen LogP contribution in [0.3, 0.4) is 0 Å². The minimum absolute atomic E-state index is 0.0603. The predicted octanol–water partition coefficient (Wildman–Crippen LogP) is 3.15. The minimum atomic E-state index is -0.0603. The van der Waals surface area contributed by atoms with Gasteiger partial charge in [0.15, 0.2) is 4.77 Å². The number of H-pyrrole nitrogens is 1. The van der Waals surface area contributed by atoms with Crippen molar-refractivity contribution in [3.63, 3.8) is 0 Å². The van der Waals surface area contributed by atoms with E-state index >= 15 is 0 Å². The first-order valence-corrected chi connectivity index (χ1v) is 8.74. The second-order valence-electron chi connectivity index (χ2n) is 6.74. The number of anilines is 1. The number of rotatable bonds is 4. The third-order valence-corrected chi connectivity index (χ3v) is 5.51. The van der Waals surface area contributed by atoms with Crippen LogP contribution in [0.15, 0.2) is 30.5 Å². The summed E-state index contributed by atoms with van der Waals surface area (Å²) < 4.78 is 8.35. The summed E-state index contributed by atoms with van der Waals surface area (Å²) in [5.74, 6) is 0.943. The summed E-state index contributed by atoms with van der Waals surface area (Å²) in [7, 11) is 3.76. The number of nitrogens with zero attached hydrogens (tertiary/aromatic N) is 3. The van der Waals surface area contributed by atoms with Gasteiger partial charge in [-0.1, -0.05) is 12.1 Å². The quantitative estimate of drug-likeness (QED) is 0.863.